The molecule has 0 saturated heterocycles. The number of nitrogens with two attached hydrogens (primary N) is 1. The highest BCUT2D eigenvalue weighted by atomic mass is 19.1. The van der Waals surface area contributed by atoms with Crippen LogP contribution in [0, 0.1) is 5.82 Å². The van der Waals surface area contributed by atoms with Crippen molar-refractivity contribution in [3.05, 3.63) is 30.2 Å². The molecule has 0 spiro atoms. The first-order valence-electron chi connectivity index (χ1n) is 6.87. The Morgan fingerprint density at radius 2 is 2.10 bits per heavy atom. The number of hydrogen-bond donors (Lipinski definition) is 3. The lowest BCUT2D eigenvalue weighted by atomic mass is 10.1. The summed E-state index contributed by atoms with van der Waals surface area (Å²) in [5, 5.41) is 13.1. The summed E-state index contributed by atoms with van der Waals surface area (Å²) in [4.78, 5) is 14.6. The van der Waals surface area contributed by atoms with Gasteiger partial charge < -0.3 is 16.2 Å². The lowest BCUT2D eigenvalue weighted by Gasteiger charge is -2.10. The average Bonchev–Trinajstić information content (AvgIpc) is 2.42. The minimum absolute atomic E-state index is 0.189. The van der Waals surface area contributed by atoms with Crippen LogP contribution in [0.3, 0.4) is 0 Å². The minimum Gasteiger partial charge on any atom is -0.481 e. The van der Waals surface area contributed by atoms with E-state index in [-0.39, 0.29) is 6.42 Å². The predicted octanol–water partition coefficient (Wildman–Crippen LogP) is 3.01. The third kappa shape index (κ3) is 4.05. The fraction of sp³-hybridized carbons (Fsp3) is 0.333. The van der Waals surface area contributed by atoms with E-state index in [9.17, 15) is 9.18 Å². The number of carbonyl (C=O) groups is 1. The van der Waals surface area contributed by atoms with Gasteiger partial charge in [-0.3, -0.25) is 4.79 Å². The van der Waals surface area contributed by atoms with Gasteiger partial charge in [0.05, 0.1) is 0 Å². The molecule has 0 radical (unpaired) electrons. The fourth-order valence-corrected chi connectivity index (χ4v) is 2.20. The number of nitrogens with one attached hydrogen (secondary N) is 1. The molecule has 0 amide bonds. The number of hydrogen-bond acceptors (Lipinski definition) is 4. The number of aliphatic carboxylic acids is 1. The Bertz CT molecular complexity index is 646. The monoisotopic (exact) mass is 291 g/mol. The fourth-order valence-electron chi connectivity index (χ4n) is 2.20. The van der Waals surface area contributed by atoms with Crippen molar-refractivity contribution in [3.63, 3.8) is 0 Å². The number of carboxylic acids is 1. The summed E-state index contributed by atoms with van der Waals surface area (Å²) in [5.41, 5.74) is 6.18. The van der Waals surface area contributed by atoms with Crippen LogP contribution in [-0.4, -0.2) is 22.6 Å². The number of anilines is 2. The summed E-state index contributed by atoms with van der Waals surface area (Å²) >= 11 is 0. The highest BCUT2D eigenvalue weighted by Gasteiger charge is 2.07. The summed E-state index contributed by atoms with van der Waals surface area (Å²) in [6.07, 6.45) is 4.12. The second-order valence-electron chi connectivity index (χ2n) is 4.88. The largest absolute Gasteiger partial charge is 0.481 e. The normalized spacial score (nSPS) is 10.7. The van der Waals surface area contributed by atoms with Gasteiger partial charge in [-0.25, -0.2) is 9.37 Å². The van der Waals surface area contributed by atoms with E-state index in [2.05, 4.69) is 10.3 Å². The maximum atomic E-state index is 13.5. The second kappa shape index (κ2) is 6.88. The van der Waals surface area contributed by atoms with Gasteiger partial charge in [0.15, 0.2) is 0 Å². The third-order valence-corrected chi connectivity index (χ3v) is 3.24. The number of aromatic nitrogens is 1. The van der Waals surface area contributed by atoms with Gasteiger partial charge in [0, 0.05) is 35.6 Å². The smallest absolute Gasteiger partial charge is 0.303 e. The lowest BCUT2D eigenvalue weighted by molar-refractivity contribution is -0.137. The maximum absolute atomic E-state index is 13.5. The second-order valence-corrected chi connectivity index (χ2v) is 4.88. The van der Waals surface area contributed by atoms with Gasteiger partial charge in [-0.05, 0) is 31.0 Å². The Morgan fingerprint density at radius 1 is 1.29 bits per heavy atom. The van der Waals surface area contributed by atoms with Gasteiger partial charge in [0.2, 0.25) is 0 Å². The van der Waals surface area contributed by atoms with Gasteiger partial charge in [-0.15, -0.1) is 0 Å². The summed E-state index contributed by atoms with van der Waals surface area (Å²) in [6.45, 7) is 0.655. The minimum atomic E-state index is -0.773. The van der Waals surface area contributed by atoms with Crippen LogP contribution in [0.15, 0.2) is 24.4 Å². The van der Waals surface area contributed by atoms with Crippen molar-refractivity contribution in [2.45, 2.75) is 25.7 Å². The van der Waals surface area contributed by atoms with E-state index in [0.717, 1.165) is 18.2 Å². The summed E-state index contributed by atoms with van der Waals surface area (Å²) in [7, 11) is 0. The molecule has 6 heteroatoms. The average molecular weight is 291 g/mol. The van der Waals surface area contributed by atoms with Crippen molar-refractivity contribution < 1.29 is 14.3 Å². The van der Waals surface area contributed by atoms with Gasteiger partial charge in [-0.2, -0.15) is 0 Å². The molecule has 21 heavy (non-hydrogen) atoms. The number of nitrogen functional groups attached to an aromatic ring is 1. The number of pyridine rings is 1. The number of rotatable bonds is 7. The van der Waals surface area contributed by atoms with E-state index < -0.39 is 11.8 Å². The van der Waals surface area contributed by atoms with Crippen molar-refractivity contribution in [1.82, 2.24) is 4.98 Å². The molecule has 4 N–H and O–H groups in total. The molecule has 0 aliphatic carbocycles. The number of halogens is 1. The zero-order valence-electron chi connectivity index (χ0n) is 11.6. The summed E-state index contributed by atoms with van der Waals surface area (Å²) in [6, 6.07) is 4.45. The van der Waals surface area contributed by atoms with Crippen LogP contribution in [-0.2, 0) is 4.79 Å². The summed E-state index contributed by atoms with van der Waals surface area (Å²) < 4.78 is 13.5. The van der Waals surface area contributed by atoms with Crippen molar-refractivity contribution in [3.8, 4) is 0 Å². The standard InChI is InChI=1S/C15H18FN3O2/c16-10-8-12-11(13(17)9-10)5-7-19-15(12)18-6-3-1-2-4-14(20)21/h5,7-9H,1-4,6,17H2,(H,18,19)(H,20,21). The molecule has 0 fully saturated rings. The van der Waals surface area contributed by atoms with Crippen LogP contribution in [0.5, 0.6) is 0 Å². The molecule has 0 aliphatic heterocycles. The molecule has 2 rings (SSSR count). The highest BCUT2D eigenvalue weighted by Crippen LogP contribution is 2.27. The number of fused-ring (bicyclic) bond motifs is 1. The van der Waals surface area contributed by atoms with Crippen molar-refractivity contribution in [1.29, 1.82) is 0 Å². The molecule has 5 nitrogen and oxygen atoms in total. The zero-order chi connectivity index (χ0) is 15.2. The van der Waals surface area contributed by atoms with Crippen LogP contribution >= 0.6 is 0 Å². The molecule has 0 atom stereocenters. The number of unbranched alkanes of at least 4 members (excludes halogenated alkanes) is 2. The molecule has 0 bridgehead atoms. The number of nitrogens with zero attached hydrogens (tertiary/aromatic N) is 1. The van der Waals surface area contributed by atoms with E-state index in [1.54, 1.807) is 12.3 Å². The molecule has 2 aromatic rings. The Balaban J connectivity index is 1.97. The van der Waals surface area contributed by atoms with Crippen LogP contribution in [0.25, 0.3) is 10.8 Å². The lowest BCUT2D eigenvalue weighted by Crippen LogP contribution is -2.05. The van der Waals surface area contributed by atoms with Crippen molar-refractivity contribution in [2.75, 3.05) is 17.6 Å². The SMILES string of the molecule is Nc1cc(F)cc2c(NCCCCCC(=O)O)nccc12. The highest BCUT2D eigenvalue weighted by molar-refractivity contribution is 5.99. The number of carboxylic acid groups (broad SMARTS) is 1. The van der Waals surface area contributed by atoms with Crippen LogP contribution in [0.4, 0.5) is 15.9 Å². The Morgan fingerprint density at radius 3 is 2.86 bits per heavy atom. The van der Waals surface area contributed by atoms with E-state index in [0.29, 0.717) is 29.9 Å². The van der Waals surface area contributed by atoms with Crippen molar-refractivity contribution >= 4 is 28.2 Å². The molecule has 0 aliphatic rings. The first kappa shape index (κ1) is 15.0. The van der Waals surface area contributed by atoms with E-state index in [4.69, 9.17) is 10.8 Å². The Kier molecular flexibility index (Phi) is 4.92. The Labute approximate surface area is 122 Å². The molecule has 1 heterocycles. The van der Waals surface area contributed by atoms with Crippen LogP contribution in [0.1, 0.15) is 25.7 Å². The molecule has 112 valence electrons. The molecule has 0 unspecified atom stereocenters. The molecular weight excluding hydrogens is 273 g/mol. The molecule has 0 saturated carbocycles. The zero-order valence-corrected chi connectivity index (χ0v) is 11.6. The third-order valence-electron chi connectivity index (χ3n) is 3.24. The molecule has 1 aromatic heterocycles. The van der Waals surface area contributed by atoms with E-state index >= 15 is 0 Å². The maximum Gasteiger partial charge on any atom is 0.303 e. The van der Waals surface area contributed by atoms with E-state index in [1.165, 1.54) is 12.1 Å². The van der Waals surface area contributed by atoms with Crippen LogP contribution in [0.2, 0.25) is 0 Å². The van der Waals surface area contributed by atoms with Gasteiger partial charge in [0.1, 0.15) is 11.6 Å². The first-order chi connectivity index (χ1) is 10.1. The first-order valence-corrected chi connectivity index (χ1v) is 6.87. The number of benzene rings is 1. The summed E-state index contributed by atoms with van der Waals surface area (Å²) in [5.74, 6) is -0.570. The predicted molar refractivity (Wildman–Crippen MR) is 80.7 cm³/mol. The topological polar surface area (TPSA) is 88.2 Å². The molecule has 1 aromatic carbocycles. The van der Waals surface area contributed by atoms with Gasteiger partial charge >= 0.3 is 5.97 Å². The van der Waals surface area contributed by atoms with E-state index in [1.807, 2.05) is 0 Å². The quantitative estimate of drug-likeness (QED) is 0.539. The van der Waals surface area contributed by atoms with Gasteiger partial charge in [0.25, 0.3) is 0 Å². The Hall–Kier alpha value is -2.37. The van der Waals surface area contributed by atoms with Crippen molar-refractivity contribution in [2.24, 2.45) is 0 Å². The van der Waals surface area contributed by atoms with Crippen LogP contribution < -0.4 is 11.1 Å². The molecular formula is C15H18FN3O2. The van der Waals surface area contributed by atoms with Gasteiger partial charge in [-0.1, -0.05) is 6.42 Å².